The molecule has 130 valence electrons. The van der Waals surface area contributed by atoms with Crippen LogP contribution in [-0.2, 0) is 6.42 Å². The molecule has 0 saturated carbocycles. The Morgan fingerprint density at radius 3 is 2.15 bits per heavy atom. The van der Waals surface area contributed by atoms with Gasteiger partial charge >= 0.3 is 0 Å². The highest BCUT2D eigenvalue weighted by molar-refractivity contribution is 6.05. The van der Waals surface area contributed by atoms with Gasteiger partial charge < -0.3 is 0 Å². The fraction of sp³-hybridized carbons (Fsp3) is 0.115. The fourth-order valence-corrected chi connectivity index (χ4v) is 4.15. The second-order valence-corrected chi connectivity index (χ2v) is 7.17. The Hall–Kier alpha value is -3.19. The maximum Gasteiger partial charge on any atom is 0.0776 e. The third kappa shape index (κ3) is 2.96. The third-order valence-electron chi connectivity index (χ3n) is 5.52. The van der Waals surface area contributed by atoms with E-state index >= 15 is 0 Å². The van der Waals surface area contributed by atoms with Crippen LogP contribution in [0.15, 0.2) is 96.0 Å². The number of hydrogen-bond acceptors (Lipinski definition) is 1. The molecule has 0 spiro atoms. The van der Waals surface area contributed by atoms with Crippen LogP contribution in [0.25, 0.3) is 16.8 Å². The van der Waals surface area contributed by atoms with Crippen LogP contribution in [0.4, 0.5) is 0 Å². The number of aliphatic imine (C=N–C) groups is 1. The van der Waals surface area contributed by atoms with Crippen molar-refractivity contribution in [2.24, 2.45) is 10.9 Å². The van der Waals surface area contributed by atoms with E-state index in [0.29, 0.717) is 5.92 Å². The molecule has 1 aliphatic heterocycles. The first kappa shape index (κ1) is 16.0. The lowest BCUT2D eigenvalue weighted by atomic mass is 9.79. The van der Waals surface area contributed by atoms with Gasteiger partial charge in [-0.25, -0.2) is 0 Å². The molecule has 0 saturated heterocycles. The van der Waals surface area contributed by atoms with Crippen molar-refractivity contribution in [1.29, 1.82) is 0 Å². The molecule has 0 N–H and O–H groups in total. The van der Waals surface area contributed by atoms with Crippen molar-refractivity contribution >= 4 is 23.1 Å². The zero-order valence-corrected chi connectivity index (χ0v) is 15.2. The van der Waals surface area contributed by atoms with E-state index in [1.54, 1.807) is 0 Å². The Bertz CT molecular complexity index is 1060. The van der Waals surface area contributed by atoms with Gasteiger partial charge in [-0.05, 0) is 41.2 Å². The summed E-state index contributed by atoms with van der Waals surface area (Å²) in [6.45, 7) is 0. The van der Waals surface area contributed by atoms with Crippen LogP contribution >= 0.6 is 0 Å². The van der Waals surface area contributed by atoms with E-state index in [1.165, 1.54) is 27.8 Å². The smallest absolute Gasteiger partial charge is 0.0776 e. The summed E-state index contributed by atoms with van der Waals surface area (Å²) in [7, 11) is 0. The number of hydrogen-bond donors (Lipinski definition) is 0. The van der Waals surface area contributed by atoms with Crippen LogP contribution in [0.5, 0.6) is 0 Å². The minimum absolute atomic E-state index is 0.375. The van der Waals surface area contributed by atoms with Crippen molar-refractivity contribution < 1.29 is 0 Å². The maximum atomic E-state index is 5.01. The van der Waals surface area contributed by atoms with Gasteiger partial charge in [0, 0.05) is 23.3 Å². The van der Waals surface area contributed by atoms with Gasteiger partial charge in [0.25, 0.3) is 0 Å². The first-order valence-corrected chi connectivity index (χ1v) is 9.59. The van der Waals surface area contributed by atoms with E-state index in [4.69, 9.17) is 4.99 Å². The van der Waals surface area contributed by atoms with Gasteiger partial charge in [-0.1, -0.05) is 84.9 Å². The van der Waals surface area contributed by atoms with Crippen molar-refractivity contribution in [3.05, 3.63) is 113 Å². The zero-order valence-electron chi connectivity index (χ0n) is 15.2. The molecule has 0 radical (unpaired) electrons. The van der Waals surface area contributed by atoms with Crippen molar-refractivity contribution in [2.75, 3.05) is 0 Å². The number of aryl methyl sites for hydroxylation is 1. The lowest BCUT2D eigenvalue weighted by Gasteiger charge is -2.25. The highest BCUT2D eigenvalue weighted by Crippen LogP contribution is 2.41. The third-order valence-corrected chi connectivity index (χ3v) is 5.52. The summed E-state index contributed by atoms with van der Waals surface area (Å²) < 4.78 is 0. The van der Waals surface area contributed by atoms with E-state index in [0.717, 1.165) is 24.1 Å². The first-order chi connectivity index (χ1) is 13.4. The predicted molar refractivity (Wildman–Crippen MR) is 114 cm³/mol. The number of benzene rings is 3. The molecule has 0 bridgehead atoms. The van der Waals surface area contributed by atoms with E-state index < -0.39 is 0 Å². The molecule has 5 rings (SSSR count). The average molecular weight is 347 g/mol. The largest absolute Gasteiger partial charge is 0.259 e. The molecule has 0 amide bonds. The van der Waals surface area contributed by atoms with Crippen LogP contribution in [-0.4, -0.2) is 6.21 Å². The average Bonchev–Trinajstić information content (AvgIpc) is 2.95. The molecule has 1 heterocycles. The molecule has 3 aromatic carbocycles. The summed E-state index contributed by atoms with van der Waals surface area (Å²) in [5.41, 5.74) is 8.85. The number of fused-ring (bicyclic) bond motifs is 3. The Morgan fingerprint density at radius 1 is 0.704 bits per heavy atom. The second-order valence-electron chi connectivity index (χ2n) is 7.17. The van der Waals surface area contributed by atoms with Gasteiger partial charge in [0.1, 0.15) is 0 Å². The van der Waals surface area contributed by atoms with E-state index in [-0.39, 0.29) is 0 Å². The maximum absolute atomic E-state index is 5.01. The van der Waals surface area contributed by atoms with Gasteiger partial charge in [-0.15, -0.1) is 0 Å². The molecular weight excluding hydrogens is 326 g/mol. The van der Waals surface area contributed by atoms with E-state index in [1.807, 2.05) is 0 Å². The lowest BCUT2D eigenvalue weighted by molar-refractivity contribution is 0.739. The summed E-state index contributed by atoms with van der Waals surface area (Å²) in [5, 5.41) is 0. The normalized spacial score (nSPS) is 18.4. The highest BCUT2D eigenvalue weighted by Gasteiger charge is 2.25. The van der Waals surface area contributed by atoms with Crippen molar-refractivity contribution in [2.45, 2.75) is 12.8 Å². The molecule has 1 unspecified atom stereocenters. The standard InChI is InChI=1S/C26H21N/c1-3-9-19(10-4-1)25-17-24-22(16-15-20-11-7-8-14-23(20)24)18-27-26(25)21-12-5-2-6-13-21/h1-14,17-18,22H,15-16H2. The second kappa shape index (κ2) is 6.85. The quantitative estimate of drug-likeness (QED) is 0.517. The molecular formula is C26H21N. The Balaban J connectivity index is 1.77. The molecule has 27 heavy (non-hydrogen) atoms. The minimum atomic E-state index is 0.375. The van der Waals surface area contributed by atoms with Crippen LogP contribution in [0, 0.1) is 5.92 Å². The summed E-state index contributed by atoms with van der Waals surface area (Å²) >= 11 is 0. The van der Waals surface area contributed by atoms with Crippen LogP contribution in [0.3, 0.4) is 0 Å². The van der Waals surface area contributed by atoms with Gasteiger partial charge in [-0.2, -0.15) is 0 Å². The van der Waals surface area contributed by atoms with Gasteiger partial charge in [-0.3, -0.25) is 4.99 Å². The molecule has 3 aromatic rings. The van der Waals surface area contributed by atoms with Crippen LogP contribution < -0.4 is 0 Å². The molecule has 1 aliphatic carbocycles. The molecule has 1 heteroatoms. The van der Waals surface area contributed by atoms with Crippen LogP contribution in [0.2, 0.25) is 0 Å². The van der Waals surface area contributed by atoms with E-state index in [2.05, 4.69) is 97.2 Å². The topological polar surface area (TPSA) is 12.4 Å². The SMILES string of the molecule is C1=NC(c2ccccc2)=C(c2ccccc2)C=C2c3ccccc3CCC12. The summed E-state index contributed by atoms with van der Waals surface area (Å²) in [4.78, 5) is 5.01. The Kier molecular flexibility index (Phi) is 4.06. The first-order valence-electron chi connectivity index (χ1n) is 9.59. The summed E-state index contributed by atoms with van der Waals surface area (Å²) in [6, 6.07) is 30.0. The molecule has 2 aliphatic rings. The van der Waals surface area contributed by atoms with Crippen molar-refractivity contribution in [1.82, 2.24) is 0 Å². The van der Waals surface area contributed by atoms with E-state index in [9.17, 15) is 0 Å². The monoisotopic (exact) mass is 347 g/mol. The van der Waals surface area contributed by atoms with Crippen molar-refractivity contribution in [3.8, 4) is 0 Å². The zero-order chi connectivity index (χ0) is 18.1. The fourth-order valence-electron chi connectivity index (χ4n) is 4.15. The molecule has 1 atom stereocenters. The number of allylic oxidation sites excluding steroid dienone is 3. The van der Waals surface area contributed by atoms with Crippen LogP contribution in [0.1, 0.15) is 28.7 Å². The van der Waals surface area contributed by atoms with Crippen molar-refractivity contribution in [3.63, 3.8) is 0 Å². The van der Waals surface area contributed by atoms with Gasteiger partial charge in [0.15, 0.2) is 0 Å². The number of nitrogens with zero attached hydrogens (tertiary/aromatic N) is 1. The predicted octanol–water partition coefficient (Wildman–Crippen LogP) is 6.29. The minimum Gasteiger partial charge on any atom is -0.259 e. The Morgan fingerprint density at radius 2 is 1.37 bits per heavy atom. The highest BCUT2D eigenvalue weighted by atomic mass is 14.7. The summed E-state index contributed by atoms with van der Waals surface area (Å²) in [6.07, 6.45) is 6.79. The lowest BCUT2D eigenvalue weighted by Crippen LogP contribution is -2.14. The molecule has 1 nitrogen and oxygen atoms in total. The Labute approximate surface area is 160 Å². The van der Waals surface area contributed by atoms with Gasteiger partial charge in [0.2, 0.25) is 0 Å². The number of rotatable bonds is 2. The molecule has 0 aromatic heterocycles. The van der Waals surface area contributed by atoms with Gasteiger partial charge in [0.05, 0.1) is 5.70 Å². The molecule has 0 fully saturated rings. The summed E-state index contributed by atoms with van der Waals surface area (Å²) in [5.74, 6) is 0.375.